The summed E-state index contributed by atoms with van der Waals surface area (Å²) in [6, 6.07) is 20.4. The SMILES string of the molecule is Cc1cc2ccccc2o1.Cc1ccc2ncccc2c1. The van der Waals surface area contributed by atoms with E-state index in [9.17, 15) is 0 Å². The number of nitrogens with zero attached hydrogens (tertiary/aromatic N) is 1. The molecule has 0 bridgehead atoms. The van der Waals surface area contributed by atoms with Crippen molar-refractivity contribution in [1.82, 2.24) is 4.98 Å². The van der Waals surface area contributed by atoms with E-state index in [1.165, 1.54) is 16.3 Å². The maximum Gasteiger partial charge on any atom is 0.134 e. The molecule has 0 spiro atoms. The van der Waals surface area contributed by atoms with E-state index in [1.807, 2.05) is 55.6 Å². The number of pyridine rings is 1. The van der Waals surface area contributed by atoms with Crippen molar-refractivity contribution in [2.24, 2.45) is 0 Å². The second kappa shape index (κ2) is 5.80. The van der Waals surface area contributed by atoms with E-state index in [1.54, 1.807) is 0 Å². The summed E-state index contributed by atoms with van der Waals surface area (Å²) in [6.45, 7) is 4.05. The molecule has 0 unspecified atom stereocenters. The Morgan fingerprint density at radius 1 is 0.810 bits per heavy atom. The fourth-order valence-corrected chi connectivity index (χ4v) is 2.31. The van der Waals surface area contributed by atoms with Crippen LogP contribution in [-0.2, 0) is 0 Å². The first kappa shape index (κ1) is 13.4. The van der Waals surface area contributed by atoms with Crippen molar-refractivity contribution in [3.05, 3.63) is 78.2 Å². The van der Waals surface area contributed by atoms with E-state index in [0.717, 1.165) is 16.9 Å². The second-order valence-electron chi connectivity index (χ2n) is 5.09. The van der Waals surface area contributed by atoms with Gasteiger partial charge in [0.2, 0.25) is 0 Å². The minimum Gasteiger partial charge on any atom is -0.461 e. The molecule has 4 rings (SSSR count). The molecule has 0 amide bonds. The number of rotatable bonds is 0. The highest BCUT2D eigenvalue weighted by molar-refractivity contribution is 5.79. The van der Waals surface area contributed by atoms with E-state index >= 15 is 0 Å². The minimum atomic E-state index is 0.972. The summed E-state index contributed by atoms with van der Waals surface area (Å²) in [5.74, 6) is 0.973. The fourth-order valence-electron chi connectivity index (χ4n) is 2.31. The van der Waals surface area contributed by atoms with E-state index in [-0.39, 0.29) is 0 Å². The standard InChI is InChI=1S/C10H9N.C9H8O/c1-8-4-5-10-9(7-8)3-2-6-11-10;1-7-6-8-4-2-3-5-9(8)10-7/h2-7H,1H3;2-6H,1H3. The summed E-state index contributed by atoms with van der Waals surface area (Å²) >= 11 is 0. The number of benzene rings is 2. The predicted molar refractivity (Wildman–Crippen MR) is 87.4 cm³/mol. The molecule has 0 atom stereocenters. The van der Waals surface area contributed by atoms with Gasteiger partial charge in [0.1, 0.15) is 11.3 Å². The third-order valence-corrected chi connectivity index (χ3v) is 3.31. The number of furan rings is 1. The average Bonchev–Trinajstić information content (AvgIpc) is 2.88. The number of hydrogen-bond acceptors (Lipinski definition) is 2. The Bertz CT molecular complexity index is 844. The van der Waals surface area contributed by atoms with Crippen LogP contribution >= 0.6 is 0 Å². The van der Waals surface area contributed by atoms with E-state index in [4.69, 9.17) is 4.42 Å². The van der Waals surface area contributed by atoms with Crippen molar-refractivity contribution in [2.45, 2.75) is 13.8 Å². The first-order valence-corrected chi connectivity index (χ1v) is 6.99. The molecule has 0 radical (unpaired) electrons. The molecule has 2 aromatic carbocycles. The normalized spacial score (nSPS) is 10.4. The van der Waals surface area contributed by atoms with Crippen LogP contribution in [0.5, 0.6) is 0 Å². The molecule has 0 saturated carbocycles. The zero-order chi connectivity index (χ0) is 14.7. The van der Waals surface area contributed by atoms with Crippen LogP contribution in [-0.4, -0.2) is 4.98 Å². The topological polar surface area (TPSA) is 26.0 Å². The summed E-state index contributed by atoms with van der Waals surface area (Å²) in [4.78, 5) is 4.22. The van der Waals surface area contributed by atoms with Crippen LogP contribution in [0.4, 0.5) is 0 Å². The quantitative estimate of drug-likeness (QED) is 0.436. The van der Waals surface area contributed by atoms with Crippen LogP contribution < -0.4 is 0 Å². The lowest BCUT2D eigenvalue weighted by Crippen LogP contribution is -1.77. The van der Waals surface area contributed by atoms with Crippen molar-refractivity contribution in [1.29, 1.82) is 0 Å². The monoisotopic (exact) mass is 275 g/mol. The third-order valence-electron chi connectivity index (χ3n) is 3.31. The van der Waals surface area contributed by atoms with Gasteiger partial charge in [0.05, 0.1) is 5.52 Å². The molecule has 2 heteroatoms. The molecule has 0 aliphatic carbocycles. The number of para-hydroxylation sites is 1. The molecule has 2 nitrogen and oxygen atoms in total. The number of fused-ring (bicyclic) bond motifs is 2. The van der Waals surface area contributed by atoms with Gasteiger partial charge in [-0.1, -0.05) is 35.9 Å². The molecule has 0 N–H and O–H groups in total. The molecule has 104 valence electrons. The van der Waals surface area contributed by atoms with Gasteiger partial charge in [-0.15, -0.1) is 0 Å². The highest BCUT2D eigenvalue weighted by Gasteiger charge is 1.95. The first-order chi connectivity index (χ1) is 10.2. The van der Waals surface area contributed by atoms with Crippen molar-refractivity contribution in [3.63, 3.8) is 0 Å². The van der Waals surface area contributed by atoms with Gasteiger partial charge in [-0.05, 0) is 44.2 Å². The minimum absolute atomic E-state index is 0.972. The van der Waals surface area contributed by atoms with Crippen LogP contribution in [0.1, 0.15) is 11.3 Å². The summed E-state index contributed by atoms with van der Waals surface area (Å²) < 4.78 is 5.37. The summed E-state index contributed by atoms with van der Waals surface area (Å²) in [5, 5.41) is 2.40. The highest BCUT2D eigenvalue weighted by Crippen LogP contribution is 2.17. The van der Waals surface area contributed by atoms with Gasteiger partial charge in [-0.25, -0.2) is 0 Å². The largest absolute Gasteiger partial charge is 0.461 e. The molecular weight excluding hydrogens is 258 g/mol. The molecule has 2 aromatic heterocycles. The maximum absolute atomic E-state index is 5.37. The highest BCUT2D eigenvalue weighted by atomic mass is 16.3. The lowest BCUT2D eigenvalue weighted by Gasteiger charge is -1.95. The fraction of sp³-hybridized carbons (Fsp3) is 0.105. The second-order valence-corrected chi connectivity index (χ2v) is 5.09. The number of aryl methyl sites for hydroxylation is 2. The van der Waals surface area contributed by atoms with Gasteiger partial charge >= 0.3 is 0 Å². The van der Waals surface area contributed by atoms with Gasteiger partial charge in [0, 0.05) is 17.0 Å². The third kappa shape index (κ3) is 3.11. The zero-order valence-electron chi connectivity index (χ0n) is 12.2. The number of hydrogen-bond donors (Lipinski definition) is 0. The molecular formula is C19H17NO. The average molecular weight is 275 g/mol. The van der Waals surface area contributed by atoms with Crippen LogP contribution in [0.3, 0.4) is 0 Å². The van der Waals surface area contributed by atoms with Crippen molar-refractivity contribution in [3.8, 4) is 0 Å². The van der Waals surface area contributed by atoms with Crippen LogP contribution in [0.2, 0.25) is 0 Å². The zero-order valence-corrected chi connectivity index (χ0v) is 12.2. The van der Waals surface area contributed by atoms with Crippen LogP contribution in [0.15, 0.2) is 71.3 Å². The maximum atomic E-state index is 5.37. The van der Waals surface area contributed by atoms with Crippen molar-refractivity contribution >= 4 is 21.9 Å². The first-order valence-electron chi connectivity index (χ1n) is 6.99. The van der Waals surface area contributed by atoms with Crippen LogP contribution in [0.25, 0.3) is 21.9 Å². The van der Waals surface area contributed by atoms with Gasteiger partial charge in [-0.3, -0.25) is 4.98 Å². The molecule has 0 fully saturated rings. The summed E-state index contributed by atoms with van der Waals surface area (Å²) in [6.07, 6.45) is 1.82. The van der Waals surface area contributed by atoms with Gasteiger partial charge < -0.3 is 4.42 Å². The Balaban J connectivity index is 0.000000126. The van der Waals surface area contributed by atoms with Crippen molar-refractivity contribution < 1.29 is 4.42 Å². The van der Waals surface area contributed by atoms with Crippen LogP contribution in [0, 0.1) is 13.8 Å². The Morgan fingerprint density at radius 3 is 2.48 bits per heavy atom. The Labute approximate surface area is 124 Å². The molecule has 0 aliphatic rings. The lowest BCUT2D eigenvalue weighted by molar-refractivity contribution is 0.578. The molecule has 21 heavy (non-hydrogen) atoms. The smallest absolute Gasteiger partial charge is 0.134 e. The Morgan fingerprint density at radius 2 is 1.62 bits per heavy atom. The summed E-state index contributed by atoms with van der Waals surface area (Å²) in [7, 11) is 0. The lowest BCUT2D eigenvalue weighted by atomic mass is 10.1. The molecule has 0 saturated heterocycles. The van der Waals surface area contributed by atoms with Crippen molar-refractivity contribution in [2.75, 3.05) is 0 Å². The molecule has 2 heterocycles. The van der Waals surface area contributed by atoms with E-state index < -0.39 is 0 Å². The van der Waals surface area contributed by atoms with E-state index in [0.29, 0.717) is 0 Å². The Hall–Kier alpha value is -2.61. The number of aromatic nitrogens is 1. The van der Waals surface area contributed by atoms with Gasteiger partial charge in [0.15, 0.2) is 0 Å². The van der Waals surface area contributed by atoms with Gasteiger partial charge in [-0.2, -0.15) is 0 Å². The summed E-state index contributed by atoms with van der Waals surface area (Å²) in [5.41, 5.74) is 3.32. The van der Waals surface area contributed by atoms with Gasteiger partial charge in [0.25, 0.3) is 0 Å². The predicted octanol–water partition coefficient (Wildman–Crippen LogP) is 5.28. The Kier molecular flexibility index (Phi) is 3.69. The molecule has 4 aromatic rings. The molecule has 0 aliphatic heterocycles. The van der Waals surface area contributed by atoms with E-state index in [2.05, 4.69) is 30.1 Å².